The number of methoxy groups -OCH3 is 1. The fraction of sp³-hybridized carbons (Fsp3) is 0.120. The van der Waals surface area contributed by atoms with Crippen molar-refractivity contribution in [3.8, 4) is 11.5 Å². The number of aliphatic hydroxyl groups is 1. The first-order chi connectivity index (χ1) is 15.3. The number of carbonyl (C=O) groups is 2. The average molecular weight is 450 g/mol. The molecule has 1 aliphatic rings. The zero-order chi connectivity index (χ0) is 23.0. The summed E-state index contributed by atoms with van der Waals surface area (Å²) >= 11 is 6.30. The van der Waals surface area contributed by atoms with E-state index in [-0.39, 0.29) is 33.3 Å². The summed E-state index contributed by atoms with van der Waals surface area (Å²) in [5, 5.41) is 22.0. The molecule has 4 rings (SSSR count). The number of amides is 1. The predicted molar refractivity (Wildman–Crippen MR) is 122 cm³/mol. The van der Waals surface area contributed by atoms with Crippen LogP contribution in [0.15, 0.2) is 72.3 Å². The van der Waals surface area contributed by atoms with Crippen LogP contribution < -0.4 is 9.64 Å². The van der Waals surface area contributed by atoms with E-state index >= 15 is 0 Å². The minimum Gasteiger partial charge on any atom is -0.507 e. The zero-order valence-corrected chi connectivity index (χ0v) is 18.1. The number of para-hydroxylation sites is 2. The predicted octanol–water partition coefficient (Wildman–Crippen LogP) is 4.99. The summed E-state index contributed by atoms with van der Waals surface area (Å²) in [6.45, 7) is 1.79. The Morgan fingerprint density at radius 1 is 1.03 bits per heavy atom. The van der Waals surface area contributed by atoms with E-state index in [1.54, 1.807) is 67.6 Å². The molecule has 0 spiro atoms. The van der Waals surface area contributed by atoms with Gasteiger partial charge in [-0.3, -0.25) is 14.5 Å². The molecule has 0 bridgehead atoms. The van der Waals surface area contributed by atoms with E-state index in [0.29, 0.717) is 5.56 Å². The molecule has 1 saturated heterocycles. The Morgan fingerprint density at radius 2 is 1.69 bits per heavy atom. The molecule has 0 saturated carbocycles. The van der Waals surface area contributed by atoms with Crippen LogP contribution in [0.25, 0.3) is 5.76 Å². The number of ether oxygens (including phenoxy) is 1. The number of benzene rings is 3. The van der Waals surface area contributed by atoms with Crippen LogP contribution in [0.3, 0.4) is 0 Å². The Kier molecular flexibility index (Phi) is 5.63. The molecular formula is C25H20ClNO5. The number of anilines is 1. The van der Waals surface area contributed by atoms with Crippen molar-refractivity contribution in [1.82, 2.24) is 0 Å². The number of aromatic hydroxyl groups is 1. The van der Waals surface area contributed by atoms with Gasteiger partial charge in [-0.25, -0.2) is 0 Å². The molecule has 0 aromatic heterocycles. The minimum absolute atomic E-state index is 0.121. The molecule has 3 aromatic rings. The topological polar surface area (TPSA) is 87.1 Å². The maximum Gasteiger partial charge on any atom is 0.300 e. The molecule has 1 atom stereocenters. The Labute approximate surface area is 189 Å². The van der Waals surface area contributed by atoms with Gasteiger partial charge in [0.15, 0.2) is 0 Å². The fourth-order valence-electron chi connectivity index (χ4n) is 3.96. The van der Waals surface area contributed by atoms with E-state index in [1.165, 1.54) is 18.1 Å². The standard InChI is InChI=1S/C25H20ClNO5/c1-14-12-16(24(32-2)17(26)13-14)22(29)20-21(15-8-4-3-5-9-15)27(25(31)23(20)30)18-10-6-7-11-19(18)28/h3-13,21,28-29H,1-2H3/b22-20+. The van der Waals surface area contributed by atoms with Gasteiger partial charge in [-0.1, -0.05) is 54.1 Å². The summed E-state index contributed by atoms with van der Waals surface area (Å²) in [6.07, 6.45) is 0. The Hall–Kier alpha value is -3.77. The summed E-state index contributed by atoms with van der Waals surface area (Å²) in [4.78, 5) is 27.5. The van der Waals surface area contributed by atoms with Crippen LogP contribution in [0.2, 0.25) is 5.02 Å². The van der Waals surface area contributed by atoms with Crippen molar-refractivity contribution in [3.63, 3.8) is 0 Å². The second-order valence-electron chi connectivity index (χ2n) is 7.40. The highest BCUT2D eigenvalue weighted by molar-refractivity contribution is 6.52. The lowest BCUT2D eigenvalue weighted by molar-refractivity contribution is -0.132. The van der Waals surface area contributed by atoms with E-state index < -0.39 is 23.5 Å². The van der Waals surface area contributed by atoms with Gasteiger partial charge in [0, 0.05) is 0 Å². The normalized spacial score (nSPS) is 17.6. The van der Waals surface area contributed by atoms with Crippen LogP contribution in [0, 0.1) is 6.92 Å². The van der Waals surface area contributed by atoms with Crippen molar-refractivity contribution in [3.05, 3.63) is 94.0 Å². The monoisotopic (exact) mass is 449 g/mol. The molecule has 6 nitrogen and oxygen atoms in total. The fourth-order valence-corrected chi connectivity index (χ4v) is 4.31. The minimum atomic E-state index is -0.964. The number of aliphatic hydroxyl groups excluding tert-OH is 1. The highest BCUT2D eigenvalue weighted by Gasteiger charge is 2.47. The van der Waals surface area contributed by atoms with Crippen molar-refractivity contribution >= 4 is 34.7 Å². The largest absolute Gasteiger partial charge is 0.507 e. The number of rotatable bonds is 4. The van der Waals surface area contributed by atoms with Crippen LogP contribution >= 0.6 is 11.6 Å². The summed E-state index contributed by atoms with van der Waals surface area (Å²) in [5.74, 6) is -2.11. The quantitative estimate of drug-likeness (QED) is 0.333. The molecule has 1 heterocycles. The van der Waals surface area contributed by atoms with Gasteiger partial charge in [-0.2, -0.15) is 0 Å². The van der Waals surface area contributed by atoms with E-state index in [9.17, 15) is 19.8 Å². The Bertz CT molecular complexity index is 1250. The first kappa shape index (κ1) is 21.5. The van der Waals surface area contributed by atoms with E-state index in [4.69, 9.17) is 16.3 Å². The number of phenolic OH excluding ortho intramolecular Hbond substituents is 1. The number of hydrogen-bond acceptors (Lipinski definition) is 5. The van der Waals surface area contributed by atoms with Crippen LogP contribution in [-0.4, -0.2) is 29.0 Å². The SMILES string of the molecule is COc1c(Cl)cc(C)cc1/C(O)=C1\C(=O)C(=O)N(c2ccccc2O)C1c1ccccc1. The molecule has 1 aliphatic heterocycles. The Morgan fingerprint density at radius 3 is 2.34 bits per heavy atom. The second kappa shape index (κ2) is 8.40. The van der Waals surface area contributed by atoms with Gasteiger partial charge >= 0.3 is 0 Å². The molecule has 0 aliphatic carbocycles. The first-order valence-corrected chi connectivity index (χ1v) is 10.2. The highest BCUT2D eigenvalue weighted by atomic mass is 35.5. The number of nitrogens with zero attached hydrogens (tertiary/aromatic N) is 1. The van der Waals surface area contributed by atoms with Crippen molar-refractivity contribution < 1.29 is 24.5 Å². The van der Waals surface area contributed by atoms with Crippen LogP contribution in [0.1, 0.15) is 22.7 Å². The van der Waals surface area contributed by atoms with Gasteiger partial charge in [0.2, 0.25) is 0 Å². The second-order valence-corrected chi connectivity index (χ2v) is 7.80. The molecule has 1 amide bonds. The number of hydrogen-bond donors (Lipinski definition) is 2. The van der Waals surface area contributed by atoms with E-state index in [0.717, 1.165) is 5.56 Å². The van der Waals surface area contributed by atoms with Crippen molar-refractivity contribution in [1.29, 1.82) is 0 Å². The van der Waals surface area contributed by atoms with Gasteiger partial charge in [0.1, 0.15) is 17.3 Å². The van der Waals surface area contributed by atoms with E-state index in [2.05, 4.69) is 0 Å². The molecular weight excluding hydrogens is 430 g/mol. The molecule has 1 fully saturated rings. The van der Waals surface area contributed by atoms with Gasteiger partial charge in [-0.05, 0) is 42.3 Å². The summed E-state index contributed by atoms with van der Waals surface area (Å²) in [5.41, 5.74) is 1.58. The molecule has 1 unspecified atom stereocenters. The third-order valence-corrected chi connectivity index (χ3v) is 5.63. The summed E-state index contributed by atoms with van der Waals surface area (Å²) in [7, 11) is 1.41. The number of ketones is 1. The summed E-state index contributed by atoms with van der Waals surface area (Å²) < 4.78 is 5.37. The van der Waals surface area contributed by atoms with Gasteiger partial charge in [0.05, 0.1) is 35.0 Å². The lowest BCUT2D eigenvalue weighted by atomic mass is 9.94. The first-order valence-electron chi connectivity index (χ1n) is 9.83. The van der Waals surface area contributed by atoms with Gasteiger partial charge < -0.3 is 14.9 Å². The zero-order valence-electron chi connectivity index (χ0n) is 17.4. The number of halogens is 1. The molecule has 162 valence electrons. The Balaban J connectivity index is 2.02. The lowest BCUT2D eigenvalue weighted by Crippen LogP contribution is -2.29. The van der Waals surface area contributed by atoms with Crippen LogP contribution in [-0.2, 0) is 9.59 Å². The number of aryl methyl sites for hydroxylation is 1. The third-order valence-electron chi connectivity index (χ3n) is 5.35. The molecule has 2 N–H and O–H groups in total. The molecule has 0 radical (unpaired) electrons. The van der Waals surface area contributed by atoms with Crippen molar-refractivity contribution in [2.75, 3.05) is 12.0 Å². The lowest BCUT2D eigenvalue weighted by Gasteiger charge is -2.26. The van der Waals surface area contributed by atoms with Crippen molar-refractivity contribution in [2.45, 2.75) is 13.0 Å². The number of Topliss-reactive ketones (excluding diaryl/α,β-unsaturated/α-hetero) is 1. The molecule has 32 heavy (non-hydrogen) atoms. The van der Waals surface area contributed by atoms with Gasteiger partial charge in [0.25, 0.3) is 11.7 Å². The average Bonchev–Trinajstić information content (AvgIpc) is 3.04. The maximum absolute atomic E-state index is 13.2. The van der Waals surface area contributed by atoms with Crippen LogP contribution in [0.4, 0.5) is 5.69 Å². The molecule has 7 heteroatoms. The molecule has 3 aromatic carbocycles. The number of carbonyl (C=O) groups excluding carboxylic acids is 2. The van der Waals surface area contributed by atoms with Crippen molar-refractivity contribution in [2.24, 2.45) is 0 Å². The maximum atomic E-state index is 13.2. The smallest absolute Gasteiger partial charge is 0.300 e. The van der Waals surface area contributed by atoms with E-state index in [1.807, 2.05) is 0 Å². The summed E-state index contributed by atoms with van der Waals surface area (Å²) in [6, 6.07) is 17.4. The highest BCUT2D eigenvalue weighted by Crippen LogP contribution is 2.46. The van der Waals surface area contributed by atoms with Gasteiger partial charge in [-0.15, -0.1) is 0 Å². The third kappa shape index (κ3) is 3.48. The number of phenols is 1. The van der Waals surface area contributed by atoms with Crippen LogP contribution in [0.5, 0.6) is 11.5 Å².